The van der Waals surface area contributed by atoms with E-state index in [2.05, 4.69) is 33.0 Å². The van der Waals surface area contributed by atoms with Crippen LogP contribution in [-0.2, 0) is 0 Å². The van der Waals surface area contributed by atoms with Crippen molar-refractivity contribution < 1.29 is 5.11 Å². The molecule has 4 heteroatoms. The van der Waals surface area contributed by atoms with Gasteiger partial charge in [-0.25, -0.2) is 0 Å². The van der Waals surface area contributed by atoms with Gasteiger partial charge in [-0.1, -0.05) is 20.8 Å². The monoisotopic (exact) mass is 277 g/mol. The van der Waals surface area contributed by atoms with Gasteiger partial charge in [0.1, 0.15) is 0 Å². The van der Waals surface area contributed by atoms with E-state index in [0.717, 1.165) is 36.6 Å². The average Bonchev–Trinajstić information content (AvgIpc) is 2.24. The van der Waals surface area contributed by atoms with Crippen molar-refractivity contribution in [2.75, 3.05) is 23.8 Å². The predicted molar refractivity (Wildman–Crippen MR) is 81.2 cm³/mol. The van der Waals surface area contributed by atoms with Gasteiger partial charge in [0, 0.05) is 23.1 Å². The summed E-state index contributed by atoms with van der Waals surface area (Å²) in [6.45, 7) is 9.70. The summed E-state index contributed by atoms with van der Waals surface area (Å²) in [6.07, 6.45) is 1.87. The molecule has 1 aliphatic heterocycles. The molecular formula is C13H27NOS2. The zero-order valence-corrected chi connectivity index (χ0v) is 13.2. The molecule has 1 aliphatic rings. The molecule has 17 heavy (non-hydrogen) atoms. The summed E-state index contributed by atoms with van der Waals surface area (Å²) in [6, 6.07) is 0.470. The molecule has 0 radical (unpaired) electrons. The van der Waals surface area contributed by atoms with E-state index in [9.17, 15) is 5.11 Å². The molecule has 1 saturated heterocycles. The Labute approximate surface area is 115 Å². The fourth-order valence-corrected chi connectivity index (χ4v) is 3.85. The van der Waals surface area contributed by atoms with Crippen molar-refractivity contribution in [2.24, 2.45) is 0 Å². The summed E-state index contributed by atoms with van der Waals surface area (Å²) in [5.41, 5.74) is -0.452. The van der Waals surface area contributed by atoms with E-state index < -0.39 is 5.60 Å². The third-order valence-corrected chi connectivity index (χ3v) is 5.49. The molecule has 1 heterocycles. The largest absolute Gasteiger partial charge is 0.389 e. The maximum Gasteiger partial charge on any atom is 0.0787 e. The topological polar surface area (TPSA) is 32.3 Å². The maximum atomic E-state index is 10.4. The second kappa shape index (κ2) is 6.69. The predicted octanol–water partition coefficient (Wildman–Crippen LogP) is 2.75. The van der Waals surface area contributed by atoms with Crippen LogP contribution in [0.2, 0.25) is 0 Å². The number of hydrogen-bond acceptors (Lipinski definition) is 4. The third kappa shape index (κ3) is 6.94. The standard InChI is InChI=1S/C13H27NOS2/c1-11(9-17-12(2,3)4)14-10-13(15)5-7-16-8-6-13/h11,14-15H,5-10H2,1-4H3. The lowest BCUT2D eigenvalue weighted by atomic mass is 9.96. The quantitative estimate of drug-likeness (QED) is 0.809. The van der Waals surface area contributed by atoms with Crippen LogP contribution in [0.1, 0.15) is 40.5 Å². The van der Waals surface area contributed by atoms with Gasteiger partial charge in [-0.3, -0.25) is 0 Å². The Kier molecular flexibility index (Phi) is 6.17. The first-order chi connectivity index (χ1) is 7.81. The van der Waals surface area contributed by atoms with E-state index in [-0.39, 0.29) is 0 Å². The Morgan fingerprint density at radius 2 is 1.94 bits per heavy atom. The molecule has 0 saturated carbocycles. The molecule has 0 aliphatic carbocycles. The van der Waals surface area contributed by atoms with E-state index in [1.165, 1.54) is 0 Å². The number of rotatable bonds is 5. The second-order valence-electron chi connectivity index (χ2n) is 6.04. The van der Waals surface area contributed by atoms with Gasteiger partial charge in [-0.2, -0.15) is 23.5 Å². The van der Waals surface area contributed by atoms with Crippen LogP contribution in [0.4, 0.5) is 0 Å². The fraction of sp³-hybridized carbons (Fsp3) is 1.00. The lowest BCUT2D eigenvalue weighted by Gasteiger charge is -2.33. The highest BCUT2D eigenvalue weighted by atomic mass is 32.2. The molecule has 1 fully saturated rings. The first-order valence-electron chi connectivity index (χ1n) is 6.48. The Bertz CT molecular complexity index is 222. The molecule has 0 aromatic rings. The summed E-state index contributed by atoms with van der Waals surface area (Å²) in [4.78, 5) is 0. The minimum absolute atomic E-state index is 0.328. The second-order valence-corrected chi connectivity index (χ2v) is 9.11. The van der Waals surface area contributed by atoms with Crippen molar-refractivity contribution in [3.63, 3.8) is 0 Å². The molecule has 2 nitrogen and oxygen atoms in total. The van der Waals surface area contributed by atoms with Crippen LogP contribution in [0.5, 0.6) is 0 Å². The van der Waals surface area contributed by atoms with Gasteiger partial charge in [-0.15, -0.1) is 0 Å². The molecule has 1 atom stereocenters. The molecule has 0 amide bonds. The van der Waals surface area contributed by atoms with Gasteiger partial charge < -0.3 is 10.4 Å². The highest BCUT2D eigenvalue weighted by Crippen LogP contribution is 2.27. The summed E-state index contributed by atoms with van der Waals surface area (Å²) < 4.78 is 0.328. The Morgan fingerprint density at radius 1 is 1.35 bits per heavy atom. The lowest BCUT2D eigenvalue weighted by Crippen LogP contribution is -2.46. The first-order valence-corrected chi connectivity index (χ1v) is 8.62. The van der Waals surface area contributed by atoms with Gasteiger partial charge in [0.2, 0.25) is 0 Å². The van der Waals surface area contributed by atoms with Gasteiger partial charge in [0.05, 0.1) is 5.60 Å². The lowest BCUT2D eigenvalue weighted by molar-refractivity contribution is 0.0307. The van der Waals surface area contributed by atoms with Gasteiger partial charge >= 0.3 is 0 Å². The molecule has 1 unspecified atom stereocenters. The van der Waals surface area contributed by atoms with Crippen LogP contribution in [0.15, 0.2) is 0 Å². The van der Waals surface area contributed by atoms with Crippen LogP contribution in [0, 0.1) is 0 Å². The molecule has 102 valence electrons. The Balaban J connectivity index is 2.20. The molecule has 1 rings (SSSR count). The van der Waals surface area contributed by atoms with Crippen molar-refractivity contribution in [2.45, 2.75) is 56.9 Å². The number of nitrogens with one attached hydrogen (secondary N) is 1. The molecule has 0 bridgehead atoms. The zero-order valence-electron chi connectivity index (χ0n) is 11.6. The smallest absolute Gasteiger partial charge is 0.0787 e. The highest BCUT2D eigenvalue weighted by Gasteiger charge is 2.29. The van der Waals surface area contributed by atoms with Crippen LogP contribution in [0.25, 0.3) is 0 Å². The van der Waals surface area contributed by atoms with Crippen LogP contribution >= 0.6 is 23.5 Å². The maximum absolute atomic E-state index is 10.4. The summed E-state index contributed by atoms with van der Waals surface area (Å²) in [5, 5.41) is 13.9. The van der Waals surface area contributed by atoms with Crippen LogP contribution in [0.3, 0.4) is 0 Å². The highest BCUT2D eigenvalue weighted by molar-refractivity contribution is 8.00. The number of thioether (sulfide) groups is 2. The summed E-state index contributed by atoms with van der Waals surface area (Å²) in [5.74, 6) is 3.31. The zero-order chi connectivity index (χ0) is 12.9. The first kappa shape index (κ1) is 15.7. The van der Waals surface area contributed by atoms with Crippen molar-refractivity contribution in [3.05, 3.63) is 0 Å². The fourth-order valence-electron chi connectivity index (χ4n) is 1.73. The molecule has 0 aromatic heterocycles. The minimum atomic E-state index is -0.452. The summed E-state index contributed by atoms with van der Waals surface area (Å²) in [7, 11) is 0. The normalized spacial score (nSPS) is 22.4. The van der Waals surface area contributed by atoms with Crippen molar-refractivity contribution in [1.29, 1.82) is 0 Å². The third-order valence-electron chi connectivity index (χ3n) is 2.97. The van der Waals surface area contributed by atoms with Crippen molar-refractivity contribution in [3.8, 4) is 0 Å². The molecule has 0 spiro atoms. The average molecular weight is 277 g/mol. The molecule has 2 N–H and O–H groups in total. The van der Waals surface area contributed by atoms with Crippen molar-refractivity contribution in [1.82, 2.24) is 5.32 Å². The SMILES string of the molecule is CC(CSC(C)(C)C)NCC1(O)CCSCC1. The van der Waals surface area contributed by atoms with Gasteiger partial charge in [-0.05, 0) is 31.3 Å². The van der Waals surface area contributed by atoms with E-state index in [1.807, 2.05) is 23.5 Å². The number of hydrogen-bond donors (Lipinski definition) is 2. The molecule has 0 aromatic carbocycles. The molecular weight excluding hydrogens is 250 g/mol. The van der Waals surface area contributed by atoms with E-state index in [4.69, 9.17) is 0 Å². The van der Waals surface area contributed by atoms with Crippen LogP contribution in [-0.4, -0.2) is 45.3 Å². The minimum Gasteiger partial charge on any atom is -0.389 e. The Hall–Kier alpha value is 0.620. The van der Waals surface area contributed by atoms with E-state index in [0.29, 0.717) is 10.8 Å². The van der Waals surface area contributed by atoms with Crippen molar-refractivity contribution >= 4 is 23.5 Å². The Morgan fingerprint density at radius 3 is 2.47 bits per heavy atom. The van der Waals surface area contributed by atoms with Crippen LogP contribution < -0.4 is 5.32 Å². The van der Waals surface area contributed by atoms with E-state index in [1.54, 1.807) is 0 Å². The number of aliphatic hydroxyl groups is 1. The summed E-state index contributed by atoms with van der Waals surface area (Å²) >= 11 is 3.93. The van der Waals surface area contributed by atoms with E-state index >= 15 is 0 Å². The van der Waals surface area contributed by atoms with Gasteiger partial charge in [0.15, 0.2) is 0 Å². The van der Waals surface area contributed by atoms with Gasteiger partial charge in [0.25, 0.3) is 0 Å².